The van der Waals surface area contributed by atoms with E-state index < -0.39 is 0 Å². The van der Waals surface area contributed by atoms with Crippen LogP contribution in [0.4, 0.5) is 0 Å². The number of nitrogens with zero attached hydrogens (tertiary/aromatic N) is 3. The monoisotopic (exact) mass is 382 g/mol. The average Bonchev–Trinajstić information content (AvgIpc) is 2.57. The molecule has 0 aromatic rings. The predicted octanol–water partition coefficient (Wildman–Crippen LogP) is 6.22. The van der Waals surface area contributed by atoms with Crippen molar-refractivity contribution in [3.8, 4) is 0 Å². The van der Waals surface area contributed by atoms with Crippen LogP contribution >= 0.6 is 0 Å². The number of hydrogen-bond acceptors (Lipinski definition) is 1. The minimum absolute atomic E-state index is 0.250. The Balaban J connectivity index is 3.58. The van der Waals surface area contributed by atoms with Gasteiger partial charge in [0.1, 0.15) is 0 Å². The lowest BCUT2D eigenvalue weighted by Gasteiger charge is -2.27. The van der Waals surface area contributed by atoms with Crippen molar-refractivity contribution in [2.24, 2.45) is 4.99 Å². The topological polar surface area (TPSA) is 18.8 Å². The SMILES string of the molecule is CCCCCCCCCCCCCCCN=C(N(C)C)N(C)C[Si](C)C. The minimum Gasteiger partial charge on any atom is -0.349 e. The standard InChI is InChI=1S/C22H48N3Si/c1-7-8-9-10-11-12-13-14-15-16-17-18-19-20-23-22(24(2)3)25(4)21-26(5)6/h7-21H2,1-6H3. The molecule has 0 aromatic carbocycles. The van der Waals surface area contributed by atoms with Crippen molar-refractivity contribution < 1.29 is 0 Å². The van der Waals surface area contributed by atoms with Crippen molar-refractivity contribution in [3.05, 3.63) is 0 Å². The molecule has 0 aliphatic heterocycles. The Morgan fingerprint density at radius 1 is 0.692 bits per heavy atom. The molecule has 26 heavy (non-hydrogen) atoms. The molecule has 3 nitrogen and oxygen atoms in total. The largest absolute Gasteiger partial charge is 0.349 e. The Morgan fingerprint density at radius 2 is 1.12 bits per heavy atom. The van der Waals surface area contributed by atoms with Gasteiger partial charge in [-0.05, 0) is 6.42 Å². The third-order valence-corrected chi connectivity index (χ3v) is 5.92. The Bertz CT molecular complexity index is 329. The maximum atomic E-state index is 4.85. The summed E-state index contributed by atoms with van der Waals surface area (Å²) in [4.78, 5) is 9.34. The van der Waals surface area contributed by atoms with Crippen LogP contribution in [0.5, 0.6) is 0 Å². The molecule has 0 aromatic heterocycles. The average molecular weight is 383 g/mol. The van der Waals surface area contributed by atoms with Crippen molar-refractivity contribution >= 4 is 14.8 Å². The molecule has 0 aliphatic carbocycles. The van der Waals surface area contributed by atoms with Crippen molar-refractivity contribution in [2.45, 2.75) is 103 Å². The van der Waals surface area contributed by atoms with Crippen molar-refractivity contribution in [3.63, 3.8) is 0 Å². The van der Waals surface area contributed by atoms with E-state index >= 15 is 0 Å². The van der Waals surface area contributed by atoms with Gasteiger partial charge in [-0.3, -0.25) is 4.99 Å². The van der Waals surface area contributed by atoms with E-state index in [-0.39, 0.29) is 8.80 Å². The summed E-state index contributed by atoms with van der Waals surface area (Å²) < 4.78 is 0. The second-order valence-corrected chi connectivity index (χ2v) is 11.1. The van der Waals surface area contributed by atoms with Gasteiger partial charge >= 0.3 is 0 Å². The fraction of sp³-hybridized carbons (Fsp3) is 0.955. The van der Waals surface area contributed by atoms with Gasteiger partial charge in [-0.1, -0.05) is 97.1 Å². The Kier molecular flexibility index (Phi) is 17.5. The van der Waals surface area contributed by atoms with Gasteiger partial charge in [-0.2, -0.15) is 0 Å². The Hall–Kier alpha value is -0.513. The van der Waals surface area contributed by atoms with Gasteiger partial charge in [0.2, 0.25) is 0 Å². The summed E-state index contributed by atoms with van der Waals surface area (Å²) in [6.07, 6.45) is 19.5. The number of guanidine groups is 1. The van der Waals surface area contributed by atoms with Gasteiger partial charge in [0.25, 0.3) is 0 Å². The summed E-state index contributed by atoms with van der Waals surface area (Å²) >= 11 is 0. The first-order valence-corrected chi connectivity index (χ1v) is 13.9. The molecule has 0 bridgehead atoms. The Morgan fingerprint density at radius 3 is 1.50 bits per heavy atom. The fourth-order valence-electron chi connectivity index (χ4n) is 3.46. The van der Waals surface area contributed by atoms with E-state index in [1.54, 1.807) is 0 Å². The molecule has 0 unspecified atom stereocenters. The number of aliphatic imine (C=N–C) groups is 1. The molecule has 0 rings (SSSR count). The third-order valence-electron chi connectivity index (χ3n) is 4.81. The Labute approximate surface area is 167 Å². The van der Waals surface area contributed by atoms with Crippen LogP contribution in [0.2, 0.25) is 13.1 Å². The van der Waals surface area contributed by atoms with E-state index in [2.05, 4.69) is 51.0 Å². The molecular weight excluding hydrogens is 334 g/mol. The van der Waals surface area contributed by atoms with Crippen LogP contribution in [-0.4, -0.2) is 58.4 Å². The lowest BCUT2D eigenvalue weighted by molar-refractivity contribution is 0.461. The van der Waals surface area contributed by atoms with E-state index in [4.69, 9.17) is 4.99 Å². The van der Waals surface area contributed by atoms with Crippen LogP contribution in [0.25, 0.3) is 0 Å². The molecule has 0 saturated carbocycles. The highest BCUT2D eigenvalue weighted by atomic mass is 28.3. The lowest BCUT2D eigenvalue weighted by Crippen LogP contribution is -2.42. The molecule has 0 spiro atoms. The normalized spacial score (nSPS) is 12.0. The van der Waals surface area contributed by atoms with Gasteiger partial charge in [0.15, 0.2) is 5.96 Å². The maximum absolute atomic E-state index is 4.85. The molecule has 0 amide bonds. The summed E-state index contributed by atoms with van der Waals surface area (Å²) in [6, 6.07) is 0. The zero-order valence-electron chi connectivity index (χ0n) is 18.9. The fourth-order valence-corrected chi connectivity index (χ4v) is 4.55. The summed E-state index contributed by atoms with van der Waals surface area (Å²) in [6.45, 7) is 7.99. The van der Waals surface area contributed by atoms with Crippen LogP contribution in [-0.2, 0) is 0 Å². The van der Waals surface area contributed by atoms with Gasteiger partial charge in [-0.25, -0.2) is 0 Å². The number of hydrogen-bond donors (Lipinski definition) is 0. The van der Waals surface area contributed by atoms with Crippen molar-refractivity contribution in [1.29, 1.82) is 0 Å². The molecular formula is C22H48N3Si. The molecule has 4 heteroatoms. The highest BCUT2D eigenvalue weighted by molar-refractivity contribution is 6.56. The summed E-state index contributed by atoms with van der Waals surface area (Å²) in [5.74, 6) is 1.15. The quantitative estimate of drug-likeness (QED) is 0.136. The summed E-state index contributed by atoms with van der Waals surface area (Å²) in [7, 11) is 6.15. The minimum atomic E-state index is -0.250. The second-order valence-electron chi connectivity index (χ2n) is 8.38. The van der Waals surface area contributed by atoms with Crippen molar-refractivity contribution in [2.75, 3.05) is 33.9 Å². The van der Waals surface area contributed by atoms with Crippen molar-refractivity contribution in [1.82, 2.24) is 9.80 Å². The smallest absolute Gasteiger partial charge is 0.195 e. The maximum Gasteiger partial charge on any atom is 0.195 e. The first-order valence-electron chi connectivity index (χ1n) is 11.2. The van der Waals surface area contributed by atoms with Crippen LogP contribution in [0, 0.1) is 0 Å². The molecule has 0 aliphatic rings. The second kappa shape index (κ2) is 17.9. The van der Waals surface area contributed by atoms with Crippen LogP contribution in [0.1, 0.15) is 90.4 Å². The van der Waals surface area contributed by atoms with E-state index in [0.29, 0.717) is 0 Å². The predicted molar refractivity (Wildman–Crippen MR) is 122 cm³/mol. The van der Waals surface area contributed by atoms with Crippen LogP contribution in [0.15, 0.2) is 4.99 Å². The molecule has 0 saturated heterocycles. The first-order chi connectivity index (χ1) is 12.5. The van der Waals surface area contributed by atoms with E-state index in [1.165, 1.54) is 89.6 Å². The molecule has 155 valence electrons. The molecule has 1 radical (unpaired) electrons. The van der Waals surface area contributed by atoms with E-state index in [9.17, 15) is 0 Å². The van der Waals surface area contributed by atoms with Gasteiger partial charge in [-0.15, -0.1) is 0 Å². The molecule has 0 N–H and O–H groups in total. The lowest BCUT2D eigenvalue weighted by atomic mass is 10.0. The zero-order chi connectivity index (χ0) is 19.6. The third kappa shape index (κ3) is 15.7. The van der Waals surface area contributed by atoms with Crippen LogP contribution < -0.4 is 0 Å². The molecule has 0 atom stereocenters. The molecule has 0 fully saturated rings. The highest BCUT2D eigenvalue weighted by Gasteiger charge is 2.10. The van der Waals surface area contributed by atoms with E-state index in [0.717, 1.165) is 12.5 Å². The van der Waals surface area contributed by atoms with Gasteiger partial charge in [0.05, 0.1) is 8.80 Å². The molecule has 0 heterocycles. The summed E-state index contributed by atoms with van der Waals surface area (Å²) in [5.41, 5.74) is 0. The van der Waals surface area contributed by atoms with Gasteiger partial charge < -0.3 is 9.80 Å². The summed E-state index contributed by atoms with van der Waals surface area (Å²) in [5, 5.41) is 0. The van der Waals surface area contributed by atoms with Crippen LogP contribution in [0.3, 0.4) is 0 Å². The number of unbranched alkanes of at least 4 members (excludes halogenated alkanes) is 12. The van der Waals surface area contributed by atoms with E-state index in [1.807, 2.05) is 0 Å². The van der Waals surface area contributed by atoms with Gasteiger partial charge in [0, 0.05) is 33.9 Å². The first kappa shape index (κ1) is 25.5. The zero-order valence-corrected chi connectivity index (χ0v) is 19.9. The number of rotatable bonds is 16. The highest BCUT2D eigenvalue weighted by Crippen LogP contribution is 2.12.